The number of hydrogen-bond acceptors (Lipinski definition) is 5. The Bertz CT molecular complexity index is 439. The van der Waals surface area contributed by atoms with Gasteiger partial charge in [-0.2, -0.15) is 0 Å². The second kappa shape index (κ2) is 9.49. The molecular formula is C17H30N2O5. The van der Waals surface area contributed by atoms with E-state index in [1.54, 1.807) is 27.7 Å². The first kappa shape index (κ1) is 20.3. The van der Waals surface area contributed by atoms with Crippen molar-refractivity contribution in [3.63, 3.8) is 0 Å². The van der Waals surface area contributed by atoms with Gasteiger partial charge in [0.2, 0.25) is 0 Å². The highest BCUT2D eigenvalue weighted by Gasteiger charge is 2.22. The predicted octanol–water partition coefficient (Wildman–Crippen LogP) is 2.28. The van der Waals surface area contributed by atoms with Gasteiger partial charge in [0.15, 0.2) is 6.10 Å². The van der Waals surface area contributed by atoms with Crippen molar-refractivity contribution in [1.29, 1.82) is 0 Å². The highest BCUT2D eigenvalue weighted by Crippen LogP contribution is 2.17. The zero-order valence-electron chi connectivity index (χ0n) is 15.1. The summed E-state index contributed by atoms with van der Waals surface area (Å²) in [6.07, 6.45) is 3.98. The zero-order valence-corrected chi connectivity index (χ0v) is 15.1. The Morgan fingerprint density at radius 2 is 1.75 bits per heavy atom. The Balaban J connectivity index is 2.21. The molecule has 2 amide bonds. The molecule has 0 unspecified atom stereocenters. The summed E-state index contributed by atoms with van der Waals surface area (Å²) in [7, 11) is 0. The van der Waals surface area contributed by atoms with Gasteiger partial charge < -0.3 is 20.1 Å². The lowest BCUT2D eigenvalue weighted by molar-refractivity contribution is -0.155. The summed E-state index contributed by atoms with van der Waals surface area (Å²) >= 11 is 0. The molecule has 7 nitrogen and oxygen atoms in total. The van der Waals surface area contributed by atoms with Gasteiger partial charge in [0.25, 0.3) is 5.91 Å². The van der Waals surface area contributed by atoms with Gasteiger partial charge >= 0.3 is 12.1 Å². The molecule has 2 N–H and O–H groups in total. The van der Waals surface area contributed by atoms with Crippen molar-refractivity contribution in [2.24, 2.45) is 0 Å². The largest absolute Gasteiger partial charge is 0.452 e. The Morgan fingerprint density at radius 3 is 2.33 bits per heavy atom. The van der Waals surface area contributed by atoms with Gasteiger partial charge in [-0.15, -0.1) is 0 Å². The smallest absolute Gasteiger partial charge is 0.407 e. The van der Waals surface area contributed by atoms with E-state index < -0.39 is 23.8 Å². The van der Waals surface area contributed by atoms with Crippen LogP contribution in [0.5, 0.6) is 0 Å². The number of ether oxygens (including phenoxy) is 2. The van der Waals surface area contributed by atoms with Crippen LogP contribution in [0.15, 0.2) is 0 Å². The minimum atomic E-state index is -0.832. The van der Waals surface area contributed by atoms with Crippen LogP contribution in [-0.2, 0) is 19.1 Å². The van der Waals surface area contributed by atoms with Gasteiger partial charge in [-0.3, -0.25) is 9.59 Å². The molecule has 1 atom stereocenters. The minimum absolute atomic E-state index is 0.0136. The quantitative estimate of drug-likeness (QED) is 0.722. The first-order valence-corrected chi connectivity index (χ1v) is 8.64. The van der Waals surface area contributed by atoms with Gasteiger partial charge in [-0.1, -0.05) is 19.3 Å². The van der Waals surface area contributed by atoms with Gasteiger partial charge in [0, 0.05) is 12.6 Å². The summed E-state index contributed by atoms with van der Waals surface area (Å²) in [5.41, 5.74) is -0.587. The molecule has 7 heteroatoms. The van der Waals surface area contributed by atoms with E-state index in [9.17, 15) is 14.4 Å². The van der Waals surface area contributed by atoms with Crippen LogP contribution >= 0.6 is 0 Å². The summed E-state index contributed by atoms with van der Waals surface area (Å²) in [6.45, 7) is 6.93. The lowest BCUT2D eigenvalue weighted by Gasteiger charge is -2.24. The lowest BCUT2D eigenvalue weighted by Crippen LogP contribution is -2.43. The molecule has 0 aromatic carbocycles. The Hall–Kier alpha value is -1.79. The van der Waals surface area contributed by atoms with Crippen LogP contribution in [0.4, 0.5) is 4.79 Å². The monoisotopic (exact) mass is 342 g/mol. The van der Waals surface area contributed by atoms with Crippen molar-refractivity contribution in [2.75, 3.05) is 6.54 Å². The van der Waals surface area contributed by atoms with Crippen LogP contribution in [0.25, 0.3) is 0 Å². The highest BCUT2D eigenvalue weighted by atomic mass is 16.6. The molecular weight excluding hydrogens is 312 g/mol. The summed E-state index contributed by atoms with van der Waals surface area (Å²) in [6, 6.07) is 0.182. The molecule has 1 aliphatic carbocycles. The maximum absolute atomic E-state index is 12.0. The number of alkyl carbamates (subject to hydrolysis) is 1. The van der Waals surface area contributed by atoms with E-state index in [0.29, 0.717) is 0 Å². The average Bonchev–Trinajstić information content (AvgIpc) is 2.46. The second-order valence-electron chi connectivity index (χ2n) is 7.15. The third-order valence-corrected chi connectivity index (χ3v) is 3.63. The molecule has 1 rings (SSSR count). The lowest BCUT2D eigenvalue weighted by atomic mass is 9.95. The van der Waals surface area contributed by atoms with Gasteiger partial charge in [0.05, 0.1) is 6.42 Å². The van der Waals surface area contributed by atoms with Gasteiger partial charge in [-0.25, -0.2) is 4.79 Å². The molecule has 0 aliphatic heterocycles. The standard InChI is InChI=1S/C17H30N2O5/c1-12(15(21)19-13-8-6-5-7-9-13)23-14(20)10-11-18-16(22)24-17(2,3)4/h12-13H,5-11H2,1-4H3,(H,18,22)(H,19,21)/t12-/m0/s1. The van der Waals surface area contributed by atoms with Crippen LogP contribution < -0.4 is 10.6 Å². The number of carbonyl (C=O) groups excluding carboxylic acids is 3. The topological polar surface area (TPSA) is 93.7 Å². The summed E-state index contributed by atoms with van der Waals surface area (Å²) in [4.78, 5) is 35.2. The summed E-state index contributed by atoms with van der Waals surface area (Å²) < 4.78 is 10.2. The Kier molecular flexibility index (Phi) is 8.01. The fourth-order valence-corrected chi connectivity index (χ4v) is 2.46. The molecule has 0 aromatic rings. The average molecular weight is 342 g/mol. The molecule has 0 spiro atoms. The normalized spacial score (nSPS) is 16.8. The molecule has 138 valence electrons. The Morgan fingerprint density at radius 1 is 1.12 bits per heavy atom. The van der Waals surface area contributed by atoms with E-state index in [1.165, 1.54) is 6.42 Å². The van der Waals surface area contributed by atoms with Crippen LogP contribution in [0.3, 0.4) is 0 Å². The number of hydrogen-bond donors (Lipinski definition) is 2. The molecule has 1 aliphatic rings. The highest BCUT2D eigenvalue weighted by molar-refractivity contribution is 5.83. The number of amides is 2. The first-order valence-electron chi connectivity index (χ1n) is 8.64. The predicted molar refractivity (Wildman–Crippen MR) is 89.4 cm³/mol. The maximum Gasteiger partial charge on any atom is 0.407 e. The van der Waals surface area contributed by atoms with Crippen molar-refractivity contribution < 1.29 is 23.9 Å². The van der Waals surface area contributed by atoms with Gasteiger partial charge in [-0.05, 0) is 40.5 Å². The van der Waals surface area contributed by atoms with E-state index in [2.05, 4.69) is 10.6 Å². The second-order valence-corrected chi connectivity index (χ2v) is 7.15. The molecule has 24 heavy (non-hydrogen) atoms. The first-order chi connectivity index (χ1) is 11.2. The van der Waals surface area contributed by atoms with E-state index in [1.807, 2.05) is 0 Å². The van der Waals surface area contributed by atoms with Crippen LogP contribution in [0, 0.1) is 0 Å². The van der Waals surface area contributed by atoms with E-state index in [0.717, 1.165) is 25.7 Å². The third kappa shape index (κ3) is 8.74. The fourth-order valence-electron chi connectivity index (χ4n) is 2.46. The van der Waals surface area contributed by atoms with Crippen LogP contribution in [0.1, 0.15) is 66.2 Å². The van der Waals surface area contributed by atoms with Crippen molar-refractivity contribution in [3.8, 4) is 0 Å². The van der Waals surface area contributed by atoms with Crippen molar-refractivity contribution in [1.82, 2.24) is 10.6 Å². The minimum Gasteiger partial charge on any atom is -0.452 e. The molecule has 0 heterocycles. The Labute approximate surface area is 143 Å². The summed E-state index contributed by atoms with van der Waals surface area (Å²) in [5.74, 6) is -0.798. The molecule has 1 saturated carbocycles. The van der Waals surface area contributed by atoms with Crippen molar-refractivity contribution >= 4 is 18.0 Å². The number of nitrogens with one attached hydrogen (secondary N) is 2. The van der Waals surface area contributed by atoms with Crippen molar-refractivity contribution in [3.05, 3.63) is 0 Å². The number of rotatable bonds is 6. The third-order valence-electron chi connectivity index (χ3n) is 3.63. The molecule has 1 fully saturated rings. The molecule has 0 radical (unpaired) electrons. The fraction of sp³-hybridized carbons (Fsp3) is 0.824. The molecule has 0 aromatic heterocycles. The summed E-state index contributed by atoms with van der Waals surface area (Å²) in [5, 5.41) is 5.39. The van der Waals surface area contributed by atoms with Crippen LogP contribution in [-0.4, -0.2) is 42.3 Å². The number of carbonyl (C=O) groups is 3. The van der Waals surface area contributed by atoms with Crippen molar-refractivity contribution in [2.45, 2.75) is 84.0 Å². The molecule has 0 bridgehead atoms. The van der Waals surface area contributed by atoms with E-state index in [4.69, 9.17) is 9.47 Å². The SMILES string of the molecule is C[C@H](OC(=O)CCNC(=O)OC(C)(C)C)C(=O)NC1CCCCC1. The number of esters is 1. The van der Waals surface area contributed by atoms with Gasteiger partial charge in [0.1, 0.15) is 5.60 Å². The molecule has 0 saturated heterocycles. The van der Waals surface area contributed by atoms with E-state index in [-0.39, 0.29) is 24.9 Å². The zero-order chi connectivity index (χ0) is 18.2. The van der Waals surface area contributed by atoms with Crippen LogP contribution in [0.2, 0.25) is 0 Å². The maximum atomic E-state index is 12.0. The van der Waals surface area contributed by atoms with E-state index >= 15 is 0 Å².